The van der Waals surface area contributed by atoms with Crippen LogP contribution in [0.3, 0.4) is 0 Å². The second-order valence-electron chi connectivity index (χ2n) is 4.10. The molecular weight excluding hydrogens is 228 g/mol. The van der Waals surface area contributed by atoms with E-state index in [0.717, 1.165) is 11.3 Å². The largest absolute Gasteiger partial charge is 0.362 e. The van der Waals surface area contributed by atoms with Crippen LogP contribution in [0.1, 0.15) is 22.6 Å². The van der Waals surface area contributed by atoms with Crippen molar-refractivity contribution < 1.29 is 0 Å². The summed E-state index contributed by atoms with van der Waals surface area (Å²) in [4.78, 5) is 8.44. The molecular formula is C12H14N6. The summed E-state index contributed by atoms with van der Waals surface area (Å²) in [5, 5.41) is 16.4. The van der Waals surface area contributed by atoms with Gasteiger partial charge in [-0.3, -0.25) is 4.68 Å². The average molecular weight is 242 g/mol. The van der Waals surface area contributed by atoms with Gasteiger partial charge in [0, 0.05) is 12.7 Å². The van der Waals surface area contributed by atoms with Gasteiger partial charge in [0.1, 0.15) is 18.2 Å². The van der Waals surface area contributed by atoms with Gasteiger partial charge in [0.2, 0.25) is 0 Å². The fourth-order valence-electron chi connectivity index (χ4n) is 1.73. The van der Waals surface area contributed by atoms with E-state index in [2.05, 4.69) is 26.5 Å². The Morgan fingerprint density at radius 1 is 1.44 bits per heavy atom. The molecule has 6 nitrogen and oxygen atoms in total. The van der Waals surface area contributed by atoms with E-state index >= 15 is 0 Å². The van der Waals surface area contributed by atoms with Crippen LogP contribution in [0.4, 0.5) is 5.82 Å². The van der Waals surface area contributed by atoms with E-state index in [1.165, 1.54) is 0 Å². The fourth-order valence-corrected chi connectivity index (χ4v) is 1.73. The van der Waals surface area contributed by atoms with Gasteiger partial charge in [-0.2, -0.15) is 10.4 Å². The van der Waals surface area contributed by atoms with Crippen LogP contribution in [0.2, 0.25) is 0 Å². The Hall–Kier alpha value is -2.42. The van der Waals surface area contributed by atoms with Crippen molar-refractivity contribution in [1.29, 1.82) is 5.26 Å². The SMILES string of the molecule is Cc1cc(C)c(C#N)c(NCc2ncn(C)n2)n1. The predicted molar refractivity (Wildman–Crippen MR) is 66.8 cm³/mol. The van der Waals surface area contributed by atoms with Gasteiger partial charge in [-0.05, 0) is 25.5 Å². The number of nitrogens with zero attached hydrogens (tertiary/aromatic N) is 5. The average Bonchev–Trinajstić information content (AvgIpc) is 2.72. The van der Waals surface area contributed by atoms with E-state index in [1.54, 1.807) is 11.0 Å². The molecule has 92 valence electrons. The molecule has 0 saturated carbocycles. The van der Waals surface area contributed by atoms with Crippen molar-refractivity contribution in [2.75, 3.05) is 5.32 Å². The van der Waals surface area contributed by atoms with Gasteiger partial charge in [0.05, 0.1) is 12.1 Å². The Kier molecular flexibility index (Phi) is 3.24. The number of hydrogen-bond acceptors (Lipinski definition) is 5. The number of nitrogens with one attached hydrogen (secondary N) is 1. The van der Waals surface area contributed by atoms with Gasteiger partial charge in [-0.1, -0.05) is 0 Å². The Morgan fingerprint density at radius 2 is 2.22 bits per heavy atom. The summed E-state index contributed by atoms with van der Waals surface area (Å²) in [6, 6.07) is 4.05. The molecule has 0 unspecified atom stereocenters. The van der Waals surface area contributed by atoms with Crippen LogP contribution >= 0.6 is 0 Å². The van der Waals surface area contributed by atoms with Gasteiger partial charge in [-0.15, -0.1) is 0 Å². The second-order valence-corrected chi connectivity index (χ2v) is 4.10. The number of rotatable bonds is 3. The van der Waals surface area contributed by atoms with Crippen LogP contribution in [-0.2, 0) is 13.6 Å². The molecule has 1 N–H and O–H groups in total. The van der Waals surface area contributed by atoms with Crippen molar-refractivity contribution in [2.24, 2.45) is 7.05 Å². The highest BCUT2D eigenvalue weighted by atomic mass is 15.3. The summed E-state index contributed by atoms with van der Waals surface area (Å²) < 4.78 is 1.64. The van der Waals surface area contributed by atoms with Crippen molar-refractivity contribution >= 4 is 5.82 Å². The van der Waals surface area contributed by atoms with Crippen LogP contribution in [0.25, 0.3) is 0 Å². The van der Waals surface area contributed by atoms with E-state index in [9.17, 15) is 0 Å². The molecule has 0 fully saturated rings. The lowest BCUT2D eigenvalue weighted by Gasteiger charge is -2.08. The van der Waals surface area contributed by atoms with E-state index in [1.807, 2.05) is 27.0 Å². The van der Waals surface area contributed by atoms with Crippen LogP contribution < -0.4 is 5.32 Å². The Labute approximate surface area is 105 Å². The van der Waals surface area contributed by atoms with E-state index in [-0.39, 0.29) is 0 Å². The van der Waals surface area contributed by atoms with E-state index < -0.39 is 0 Å². The van der Waals surface area contributed by atoms with Crippen LogP contribution in [0.5, 0.6) is 0 Å². The summed E-state index contributed by atoms with van der Waals surface area (Å²) in [6.45, 7) is 4.25. The number of pyridine rings is 1. The zero-order valence-corrected chi connectivity index (χ0v) is 10.6. The molecule has 0 aliphatic carbocycles. The van der Waals surface area contributed by atoms with Gasteiger partial charge in [-0.25, -0.2) is 9.97 Å². The molecule has 0 amide bonds. The lowest BCUT2D eigenvalue weighted by Crippen LogP contribution is -2.07. The third-order valence-corrected chi connectivity index (χ3v) is 2.52. The summed E-state index contributed by atoms with van der Waals surface area (Å²) in [7, 11) is 1.81. The first-order chi connectivity index (χ1) is 8.60. The standard InChI is InChI=1S/C12H14N6/c1-8-4-9(2)16-12(10(8)5-13)14-6-11-15-7-18(3)17-11/h4,7H,6H2,1-3H3,(H,14,16). The highest BCUT2D eigenvalue weighted by molar-refractivity contribution is 5.56. The molecule has 2 rings (SSSR count). The number of anilines is 1. The summed E-state index contributed by atoms with van der Waals surface area (Å²) in [5.41, 5.74) is 2.36. The van der Waals surface area contributed by atoms with Crippen molar-refractivity contribution in [3.63, 3.8) is 0 Å². The van der Waals surface area contributed by atoms with Crippen molar-refractivity contribution in [3.8, 4) is 6.07 Å². The number of nitriles is 1. The third kappa shape index (κ3) is 2.46. The van der Waals surface area contributed by atoms with Crippen LogP contribution in [0.15, 0.2) is 12.4 Å². The number of aryl methyl sites for hydroxylation is 3. The minimum atomic E-state index is 0.450. The van der Waals surface area contributed by atoms with E-state index in [4.69, 9.17) is 5.26 Å². The summed E-state index contributed by atoms with van der Waals surface area (Å²) in [6.07, 6.45) is 1.64. The Balaban J connectivity index is 2.21. The lowest BCUT2D eigenvalue weighted by atomic mass is 10.1. The molecule has 0 aromatic carbocycles. The van der Waals surface area contributed by atoms with Gasteiger partial charge in [0.25, 0.3) is 0 Å². The minimum Gasteiger partial charge on any atom is -0.362 e. The zero-order chi connectivity index (χ0) is 13.1. The number of aromatic nitrogens is 4. The smallest absolute Gasteiger partial charge is 0.169 e. The van der Waals surface area contributed by atoms with Crippen LogP contribution in [-0.4, -0.2) is 19.7 Å². The maximum absolute atomic E-state index is 9.13. The molecule has 2 aromatic heterocycles. The van der Waals surface area contributed by atoms with E-state index in [0.29, 0.717) is 23.8 Å². The van der Waals surface area contributed by atoms with Crippen molar-refractivity contribution in [1.82, 2.24) is 19.7 Å². The maximum atomic E-state index is 9.13. The highest BCUT2D eigenvalue weighted by Crippen LogP contribution is 2.17. The van der Waals surface area contributed by atoms with Crippen LogP contribution in [0, 0.1) is 25.2 Å². The molecule has 0 radical (unpaired) electrons. The first-order valence-electron chi connectivity index (χ1n) is 5.57. The first kappa shape index (κ1) is 12.0. The molecule has 6 heteroatoms. The van der Waals surface area contributed by atoms with Crippen molar-refractivity contribution in [2.45, 2.75) is 20.4 Å². The minimum absolute atomic E-state index is 0.450. The normalized spacial score (nSPS) is 10.1. The lowest BCUT2D eigenvalue weighted by molar-refractivity contribution is 0.747. The fraction of sp³-hybridized carbons (Fsp3) is 0.333. The Morgan fingerprint density at radius 3 is 2.83 bits per heavy atom. The molecule has 0 spiro atoms. The number of hydrogen-bond donors (Lipinski definition) is 1. The molecule has 0 bridgehead atoms. The topological polar surface area (TPSA) is 79.4 Å². The third-order valence-electron chi connectivity index (χ3n) is 2.52. The molecule has 0 atom stereocenters. The zero-order valence-electron chi connectivity index (χ0n) is 10.6. The predicted octanol–water partition coefficient (Wildman–Crippen LogP) is 1.31. The van der Waals surface area contributed by atoms with Gasteiger partial charge >= 0.3 is 0 Å². The highest BCUT2D eigenvalue weighted by Gasteiger charge is 2.09. The van der Waals surface area contributed by atoms with Crippen molar-refractivity contribution in [3.05, 3.63) is 35.0 Å². The first-order valence-corrected chi connectivity index (χ1v) is 5.57. The van der Waals surface area contributed by atoms with Gasteiger partial charge in [0.15, 0.2) is 5.82 Å². The second kappa shape index (κ2) is 4.84. The monoisotopic (exact) mass is 242 g/mol. The van der Waals surface area contributed by atoms with Gasteiger partial charge < -0.3 is 5.32 Å². The molecule has 18 heavy (non-hydrogen) atoms. The summed E-state index contributed by atoms with van der Waals surface area (Å²) in [5.74, 6) is 1.25. The summed E-state index contributed by atoms with van der Waals surface area (Å²) >= 11 is 0. The Bertz CT molecular complexity index is 608. The quantitative estimate of drug-likeness (QED) is 0.877. The molecule has 0 saturated heterocycles. The molecule has 2 aromatic rings. The molecule has 2 heterocycles. The molecule has 0 aliphatic heterocycles. The maximum Gasteiger partial charge on any atom is 0.169 e. The molecule has 0 aliphatic rings.